The van der Waals surface area contributed by atoms with Gasteiger partial charge in [-0.3, -0.25) is 14.8 Å². The smallest absolute Gasteiger partial charge is 0.191 e. The number of hydrogen-bond acceptors (Lipinski definition) is 5. The maximum absolute atomic E-state index is 5.56. The van der Waals surface area contributed by atoms with Crippen LogP contribution in [0.4, 0.5) is 0 Å². The summed E-state index contributed by atoms with van der Waals surface area (Å²) in [7, 11) is 5.90. The summed E-state index contributed by atoms with van der Waals surface area (Å²) in [6, 6.07) is 4.08. The van der Waals surface area contributed by atoms with Gasteiger partial charge >= 0.3 is 0 Å². The molecule has 26 heavy (non-hydrogen) atoms. The van der Waals surface area contributed by atoms with Gasteiger partial charge in [0.15, 0.2) is 5.96 Å². The summed E-state index contributed by atoms with van der Waals surface area (Å²) >= 11 is 0. The second kappa shape index (κ2) is 11.1. The van der Waals surface area contributed by atoms with Crippen LogP contribution in [0.25, 0.3) is 0 Å². The van der Waals surface area contributed by atoms with Gasteiger partial charge in [0.25, 0.3) is 0 Å². The molecule has 150 valence electrons. The van der Waals surface area contributed by atoms with Crippen LogP contribution in [0.15, 0.2) is 27.8 Å². The molecule has 7 nitrogen and oxygen atoms in total. The molecule has 0 bridgehead atoms. The van der Waals surface area contributed by atoms with Crippen molar-refractivity contribution in [3.8, 4) is 0 Å². The van der Waals surface area contributed by atoms with E-state index in [0.717, 1.165) is 51.1 Å². The van der Waals surface area contributed by atoms with Crippen molar-refractivity contribution in [2.24, 2.45) is 4.99 Å². The molecule has 8 heteroatoms. The van der Waals surface area contributed by atoms with Gasteiger partial charge in [0, 0.05) is 38.8 Å². The summed E-state index contributed by atoms with van der Waals surface area (Å²) in [6.45, 7) is 9.62. The van der Waals surface area contributed by atoms with E-state index in [9.17, 15) is 0 Å². The van der Waals surface area contributed by atoms with Crippen molar-refractivity contribution in [2.75, 3.05) is 60.5 Å². The van der Waals surface area contributed by atoms with Crippen molar-refractivity contribution in [3.63, 3.8) is 0 Å². The third-order valence-electron chi connectivity index (χ3n) is 4.74. The third kappa shape index (κ3) is 6.71. The van der Waals surface area contributed by atoms with Crippen molar-refractivity contribution in [3.05, 3.63) is 24.2 Å². The number of halogens is 1. The summed E-state index contributed by atoms with van der Waals surface area (Å²) in [4.78, 5) is 8.95. The quantitative estimate of drug-likeness (QED) is 0.353. The van der Waals surface area contributed by atoms with Gasteiger partial charge in [0.05, 0.1) is 25.5 Å². The van der Waals surface area contributed by atoms with Gasteiger partial charge in [-0.15, -0.1) is 24.0 Å². The number of aliphatic imine (C=N–C) groups is 1. The fraction of sp³-hybridized carbons (Fsp3) is 0.722. The standard InChI is InChI=1S/C18H33N5O2.HI/c1-18(2,23-8-11-24-12-9-23)14-21-17(19-3)20-13-15(22(4)5)16-7-6-10-25-16;/h6-7,10,15H,8-9,11-14H2,1-5H3,(H2,19,20,21);1H. The Morgan fingerprint density at radius 1 is 1.31 bits per heavy atom. The molecule has 1 saturated heterocycles. The fourth-order valence-corrected chi connectivity index (χ4v) is 3.01. The van der Waals surface area contributed by atoms with Crippen LogP contribution in [0.5, 0.6) is 0 Å². The summed E-state index contributed by atoms with van der Waals surface area (Å²) in [6.07, 6.45) is 1.71. The molecule has 1 aliphatic rings. The second-order valence-electron chi connectivity index (χ2n) is 7.21. The van der Waals surface area contributed by atoms with E-state index < -0.39 is 0 Å². The normalized spacial score (nSPS) is 17.7. The monoisotopic (exact) mass is 479 g/mol. The zero-order valence-corrected chi connectivity index (χ0v) is 18.9. The first kappa shape index (κ1) is 23.2. The lowest BCUT2D eigenvalue weighted by Gasteiger charge is -2.41. The molecular weight excluding hydrogens is 445 g/mol. The van der Waals surface area contributed by atoms with E-state index >= 15 is 0 Å². The van der Waals surface area contributed by atoms with Gasteiger partial charge < -0.3 is 19.8 Å². The minimum Gasteiger partial charge on any atom is -0.468 e. The molecule has 2 heterocycles. The van der Waals surface area contributed by atoms with E-state index in [4.69, 9.17) is 9.15 Å². The van der Waals surface area contributed by atoms with Crippen molar-refractivity contribution in [1.82, 2.24) is 20.4 Å². The lowest BCUT2D eigenvalue weighted by molar-refractivity contribution is -0.00834. The SMILES string of the molecule is CN=C(NCC(c1ccco1)N(C)C)NCC(C)(C)N1CCOCC1.I. The van der Waals surface area contributed by atoms with Crippen molar-refractivity contribution < 1.29 is 9.15 Å². The molecule has 0 aliphatic carbocycles. The van der Waals surface area contributed by atoms with Gasteiger partial charge in [-0.05, 0) is 40.1 Å². The molecule has 2 N–H and O–H groups in total. The van der Waals surface area contributed by atoms with Crippen molar-refractivity contribution in [2.45, 2.75) is 25.4 Å². The highest BCUT2D eigenvalue weighted by molar-refractivity contribution is 14.0. The third-order valence-corrected chi connectivity index (χ3v) is 4.74. The molecule has 1 aliphatic heterocycles. The molecular formula is C18H34IN5O2. The lowest BCUT2D eigenvalue weighted by atomic mass is 10.0. The zero-order chi connectivity index (χ0) is 18.3. The Kier molecular flexibility index (Phi) is 9.91. The number of likely N-dealkylation sites (N-methyl/N-ethyl adjacent to an activating group) is 1. The van der Waals surface area contributed by atoms with E-state index in [0.29, 0.717) is 0 Å². The van der Waals surface area contributed by atoms with Crippen LogP contribution in [0.2, 0.25) is 0 Å². The molecule has 0 amide bonds. The fourth-order valence-electron chi connectivity index (χ4n) is 3.01. The minimum absolute atomic E-state index is 0. The summed E-state index contributed by atoms with van der Waals surface area (Å²) < 4.78 is 11.0. The van der Waals surface area contributed by atoms with E-state index in [1.165, 1.54) is 0 Å². The first-order valence-electron chi connectivity index (χ1n) is 8.91. The topological polar surface area (TPSA) is 65.3 Å². The predicted molar refractivity (Wildman–Crippen MR) is 116 cm³/mol. The first-order valence-corrected chi connectivity index (χ1v) is 8.91. The van der Waals surface area contributed by atoms with Gasteiger partial charge in [0.1, 0.15) is 5.76 Å². The average molecular weight is 479 g/mol. The van der Waals surface area contributed by atoms with Crippen LogP contribution in [0.1, 0.15) is 25.6 Å². The predicted octanol–water partition coefficient (Wildman–Crippen LogP) is 1.78. The maximum atomic E-state index is 5.56. The van der Waals surface area contributed by atoms with Crippen molar-refractivity contribution >= 4 is 29.9 Å². The summed E-state index contributed by atoms with van der Waals surface area (Å²) in [5.74, 6) is 1.75. The van der Waals surface area contributed by atoms with Crippen LogP contribution in [-0.4, -0.2) is 81.8 Å². The molecule has 0 radical (unpaired) electrons. The minimum atomic E-state index is 0. The average Bonchev–Trinajstić information content (AvgIpc) is 3.12. The Morgan fingerprint density at radius 3 is 2.54 bits per heavy atom. The molecule has 1 fully saturated rings. The molecule has 0 aromatic carbocycles. The zero-order valence-electron chi connectivity index (χ0n) is 16.6. The number of ether oxygens (including phenoxy) is 1. The number of guanidine groups is 1. The van der Waals surface area contributed by atoms with E-state index in [2.05, 4.69) is 39.3 Å². The van der Waals surface area contributed by atoms with E-state index in [1.807, 2.05) is 26.2 Å². The van der Waals surface area contributed by atoms with Gasteiger partial charge in [-0.2, -0.15) is 0 Å². The molecule has 1 unspecified atom stereocenters. The highest BCUT2D eigenvalue weighted by Crippen LogP contribution is 2.18. The van der Waals surface area contributed by atoms with Gasteiger partial charge in [-0.1, -0.05) is 0 Å². The van der Waals surface area contributed by atoms with Crippen LogP contribution >= 0.6 is 24.0 Å². The van der Waals surface area contributed by atoms with Crippen LogP contribution in [-0.2, 0) is 4.74 Å². The Bertz CT molecular complexity index is 528. The Balaban J connectivity index is 0.00000338. The van der Waals surface area contributed by atoms with Crippen LogP contribution in [0, 0.1) is 0 Å². The number of hydrogen-bond donors (Lipinski definition) is 2. The number of nitrogens with zero attached hydrogens (tertiary/aromatic N) is 3. The van der Waals surface area contributed by atoms with Gasteiger partial charge in [0.2, 0.25) is 0 Å². The Morgan fingerprint density at radius 2 is 2.00 bits per heavy atom. The lowest BCUT2D eigenvalue weighted by Crippen LogP contribution is -2.56. The van der Waals surface area contributed by atoms with Crippen molar-refractivity contribution in [1.29, 1.82) is 0 Å². The maximum Gasteiger partial charge on any atom is 0.191 e. The molecule has 1 aromatic heterocycles. The highest BCUT2D eigenvalue weighted by Gasteiger charge is 2.28. The van der Waals surface area contributed by atoms with E-state index in [1.54, 1.807) is 13.3 Å². The molecule has 1 atom stereocenters. The summed E-state index contributed by atoms with van der Waals surface area (Å²) in [5, 5.41) is 6.86. The van der Waals surface area contributed by atoms with Gasteiger partial charge in [-0.25, -0.2) is 0 Å². The van der Waals surface area contributed by atoms with E-state index in [-0.39, 0.29) is 35.6 Å². The molecule has 1 aromatic rings. The van der Waals surface area contributed by atoms with Crippen LogP contribution < -0.4 is 10.6 Å². The number of morpholine rings is 1. The van der Waals surface area contributed by atoms with Crippen LogP contribution in [0.3, 0.4) is 0 Å². The largest absolute Gasteiger partial charge is 0.468 e. The molecule has 2 rings (SSSR count). The number of furan rings is 1. The number of nitrogens with one attached hydrogen (secondary N) is 2. The number of rotatable bonds is 7. The first-order chi connectivity index (χ1) is 11.9. The molecule has 0 spiro atoms. The second-order valence-corrected chi connectivity index (χ2v) is 7.21. The highest BCUT2D eigenvalue weighted by atomic mass is 127. The summed E-state index contributed by atoms with van der Waals surface area (Å²) in [5.41, 5.74) is 0.0450. The Hall–Kier alpha value is -0.840. The molecule has 0 saturated carbocycles. The Labute approximate surface area is 174 Å².